The summed E-state index contributed by atoms with van der Waals surface area (Å²) in [6.45, 7) is 3.29. The number of benzene rings is 2. The van der Waals surface area contributed by atoms with E-state index in [0.717, 1.165) is 22.8 Å². The summed E-state index contributed by atoms with van der Waals surface area (Å²) in [6.07, 6.45) is 2.36. The zero-order valence-corrected chi connectivity index (χ0v) is 17.0. The summed E-state index contributed by atoms with van der Waals surface area (Å²) in [7, 11) is 0. The predicted octanol–water partition coefficient (Wildman–Crippen LogP) is 4.92. The number of carbonyl (C=O) groups is 1. The summed E-state index contributed by atoms with van der Waals surface area (Å²) in [4.78, 5) is 17.5. The van der Waals surface area contributed by atoms with Gasteiger partial charge >= 0.3 is 0 Å². The zero-order chi connectivity index (χ0) is 19.6. The molecule has 1 N–H and O–H groups in total. The molecule has 29 heavy (non-hydrogen) atoms. The number of nitrogens with one attached hydrogen (secondary N) is 1. The molecule has 3 saturated heterocycles. The fourth-order valence-corrected chi connectivity index (χ4v) is 5.22. The molecule has 0 aliphatic carbocycles. The molecule has 6 rings (SSSR count). The second-order valence-corrected chi connectivity index (χ2v) is 8.97. The molecule has 2 bridgehead atoms. The molecule has 2 aromatic carbocycles. The van der Waals surface area contributed by atoms with Gasteiger partial charge in [-0.25, -0.2) is 0 Å². The zero-order valence-electron chi connectivity index (χ0n) is 16.2. The first-order valence-electron chi connectivity index (χ1n) is 10.2. The van der Waals surface area contributed by atoms with Gasteiger partial charge in [-0.05, 0) is 68.2 Å². The largest absolute Gasteiger partial charge is 0.451 e. The summed E-state index contributed by atoms with van der Waals surface area (Å²) < 4.78 is 5.92. The first-order chi connectivity index (χ1) is 14.2. The molecule has 3 aromatic rings. The summed E-state index contributed by atoms with van der Waals surface area (Å²) in [5.41, 5.74) is 0.979. The van der Waals surface area contributed by atoms with Crippen molar-refractivity contribution < 1.29 is 9.21 Å². The Kier molecular flexibility index (Phi) is 5.17. The maximum Gasteiger partial charge on any atom is 0.287 e. The molecule has 0 spiro atoms. The number of hydrogen-bond donors (Lipinski definition) is 1. The van der Waals surface area contributed by atoms with Crippen LogP contribution in [0.5, 0.6) is 0 Å². The van der Waals surface area contributed by atoms with Crippen molar-refractivity contribution in [2.24, 2.45) is 5.92 Å². The second-order valence-electron chi connectivity index (χ2n) is 7.82. The van der Waals surface area contributed by atoms with Crippen LogP contribution in [0.15, 0.2) is 80.9 Å². The number of hydrogen-bond acceptors (Lipinski definition) is 4. The third-order valence-corrected chi connectivity index (χ3v) is 6.90. The van der Waals surface area contributed by atoms with Crippen molar-refractivity contribution in [2.45, 2.75) is 28.7 Å². The molecule has 4 nitrogen and oxygen atoms in total. The first-order valence-corrected chi connectivity index (χ1v) is 11.0. The monoisotopic (exact) mass is 404 g/mol. The Morgan fingerprint density at radius 1 is 0.966 bits per heavy atom. The molecule has 1 amide bonds. The molecule has 3 aliphatic heterocycles. The van der Waals surface area contributed by atoms with Crippen molar-refractivity contribution in [3.63, 3.8) is 0 Å². The van der Waals surface area contributed by atoms with E-state index in [1.54, 1.807) is 17.8 Å². The van der Waals surface area contributed by atoms with Gasteiger partial charge in [0.1, 0.15) is 5.76 Å². The van der Waals surface area contributed by atoms with Crippen LogP contribution < -0.4 is 5.32 Å². The van der Waals surface area contributed by atoms with Crippen molar-refractivity contribution in [2.75, 3.05) is 19.6 Å². The lowest BCUT2D eigenvalue weighted by Gasteiger charge is -2.44. The lowest BCUT2D eigenvalue weighted by molar-refractivity contribution is 0.0606. The van der Waals surface area contributed by atoms with E-state index in [-0.39, 0.29) is 11.9 Å². The molecule has 1 unspecified atom stereocenters. The van der Waals surface area contributed by atoms with E-state index in [4.69, 9.17) is 4.42 Å². The molecule has 1 atom stereocenters. The Bertz CT molecular complexity index is 993. The van der Waals surface area contributed by atoms with Gasteiger partial charge in [-0.3, -0.25) is 4.79 Å². The average Bonchev–Trinajstić information content (AvgIpc) is 3.26. The minimum atomic E-state index is -0.107. The van der Waals surface area contributed by atoms with Crippen LogP contribution in [0.2, 0.25) is 0 Å². The Morgan fingerprint density at radius 2 is 1.76 bits per heavy atom. The minimum Gasteiger partial charge on any atom is -0.451 e. The fraction of sp³-hybridized carbons (Fsp3) is 0.292. The highest BCUT2D eigenvalue weighted by Crippen LogP contribution is 2.32. The van der Waals surface area contributed by atoms with Crippen molar-refractivity contribution in [3.05, 3.63) is 72.5 Å². The minimum absolute atomic E-state index is 0.107. The molecular formula is C24H24N2O2S. The molecule has 0 radical (unpaired) electrons. The SMILES string of the molecule is O=C(NC1CN2CCC1CC2)c1ccc(-c2cccc(Sc3ccccc3)c2)o1. The van der Waals surface area contributed by atoms with E-state index in [1.807, 2.05) is 36.4 Å². The summed E-state index contributed by atoms with van der Waals surface area (Å²) >= 11 is 1.71. The van der Waals surface area contributed by atoms with E-state index in [1.165, 1.54) is 30.8 Å². The van der Waals surface area contributed by atoms with Crippen LogP contribution in [-0.4, -0.2) is 36.5 Å². The third-order valence-electron chi connectivity index (χ3n) is 5.90. The van der Waals surface area contributed by atoms with Gasteiger partial charge in [-0.1, -0.05) is 42.1 Å². The topological polar surface area (TPSA) is 45.5 Å². The third kappa shape index (κ3) is 4.11. The molecule has 4 heterocycles. The lowest BCUT2D eigenvalue weighted by atomic mass is 9.84. The Hall–Kier alpha value is -2.50. The van der Waals surface area contributed by atoms with Gasteiger partial charge in [0.2, 0.25) is 0 Å². The van der Waals surface area contributed by atoms with Crippen molar-refractivity contribution >= 4 is 17.7 Å². The van der Waals surface area contributed by atoms with Gasteiger partial charge < -0.3 is 14.6 Å². The number of carbonyl (C=O) groups excluding carboxylic acids is 1. The summed E-state index contributed by atoms with van der Waals surface area (Å²) in [5.74, 6) is 1.60. The van der Waals surface area contributed by atoms with Crippen molar-refractivity contribution in [1.29, 1.82) is 0 Å². The number of furan rings is 1. The van der Waals surface area contributed by atoms with Crippen LogP contribution in [0, 0.1) is 5.92 Å². The molecule has 3 fully saturated rings. The van der Waals surface area contributed by atoms with E-state index >= 15 is 0 Å². The van der Waals surface area contributed by atoms with E-state index in [0.29, 0.717) is 11.7 Å². The quantitative estimate of drug-likeness (QED) is 0.655. The van der Waals surface area contributed by atoms with Crippen LogP contribution in [0.25, 0.3) is 11.3 Å². The molecule has 1 aromatic heterocycles. The standard InChI is InChI=1S/C24H24N2O2S/c27-24(25-21-16-26-13-11-17(21)12-14-26)23-10-9-22(28-23)18-5-4-8-20(15-18)29-19-6-2-1-3-7-19/h1-10,15,17,21H,11-14,16H2,(H,25,27). The average molecular weight is 405 g/mol. The van der Waals surface area contributed by atoms with Crippen molar-refractivity contribution in [3.8, 4) is 11.3 Å². The predicted molar refractivity (Wildman–Crippen MR) is 115 cm³/mol. The first kappa shape index (κ1) is 18.5. The second kappa shape index (κ2) is 8.09. The van der Waals surface area contributed by atoms with Crippen LogP contribution in [0.3, 0.4) is 0 Å². The van der Waals surface area contributed by atoms with Gasteiger partial charge in [-0.2, -0.15) is 0 Å². The Morgan fingerprint density at radius 3 is 2.52 bits per heavy atom. The lowest BCUT2D eigenvalue weighted by Crippen LogP contribution is -2.57. The van der Waals surface area contributed by atoms with Crippen LogP contribution in [0.1, 0.15) is 23.4 Å². The van der Waals surface area contributed by atoms with Gasteiger partial charge in [0.05, 0.1) is 0 Å². The maximum absolute atomic E-state index is 12.7. The van der Waals surface area contributed by atoms with Gasteiger partial charge in [0.25, 0.3) is 5.91 Å². The number of piperidine rings is 3. The molecule has 3 aliphatic rings. The Labute approximate surface area is 175 Å². The Balaban J connectivity index is 1.28. The van der Waals surface area contributed by atoms with Gasteiger partial charge in [0.15, 0.2) is 5.76 Å². The normalized spacial score (nSPS) is 23.1. The number of rotatable bonds is 5. The van der Waals surface area contributed by atoms with Gasteiger partial charge in [0, 0.05) is 27.9 Å². The summed E-state index contributed by atoms with van der Waals surface area (Å²) in [6, 6.07) is 22.4. The number of fused-ring (bicyclic) bond motifs is 3. The molecular weight excluding hydrogens is 380 g/mol. The maximum atomic E-state index is 12.7. The highest BCUT2D eigenvalue weighted by atomic mass is 32.2. The van der Waals surface area contributed by atoms with Crippen LogP contribution in [0.4, 0.5) is 0 Å². The molecule has 5 heteroatoms. The van der Waals surface area contributed by atoms with E-state index < -0.39 is 0 Å². The number of amides is 1. The van der Waals surface area contributed by atoms with E-state index in [9.17, 15) is 4.79 Å². The van der Waals surface area contributed by atoms with Crippen LogP contribution in [-0.2, 0) is 0 Å². The van der Waals surface area contributed by atoms with E-state index in [2.05, 4.69) is 34.5 Å². The highest BCUT2D eigenvalue weighted by Gasteiger charge is 2.35. The van der Waals surface area contributed by atoms with Crippen LogP contribution >= 0.6 is 11.8 Å². The highest BCUT2D eigenvalue weighted by molar-refractivity contribution is 7.99. The number of nitrogens with zero attached hydrogens (tertiary/aromatic N) is 1. The fourth-order valence-electron chi connectivity index (χ4n) is 4.32. The smallest absolute Gasteiger partial charge is 0.287 e. The van der Waals surface area contributed by atoms with Crippen molar-refractivity contribution in [1.82, 2.24) is 10.2 Å². The van der Waals surface area contributed by atoms with Gasteiger partial charge in [-0.15, -0.1) is 0 Å². The molecule has 0 saturated carbocycles. The molecule has 148 valence electrons. The summed E-state index contributed by atoms with van der Waals surface area (Å²) in [5, 5.41) is 3.20.